The Labute approximate surface area is 129 Å². The van der Waals surface area contributed by atoms with E-state index in [2.05, 4.69) is 22.4 Å². The molecule has 1 aliphatic carbocycles. The van der Waals surface area contributed by atoms with Gasteiger partial charge >= 0.3 is 0 Å². The van der Waals surface area contributed by atoms with Crippen LogP contribution in [0.3, 0.4) is 0 Å². The Kier molecular flexibility index (Phi) is 4.58. The summed E-state index contributed by atoms with van der Waals surface area (Å²) >= 11 is 1.75. The lowest BCUT2D eigenvalue weighted by molar-refractivity contribution is 0.177. The Morgan fingerprint density at radius 2 is 1.86 bits per heavy atom. The molecule has 21 heavy (non-hydrogen) atoms. The number of aliphatic hydroxyl groups is 1. The van der Waals surface area contributed by atoms with Crippen LogP contribution in [0.2, 0.25) is 0 Å². The molecule has 1 saturated carbocycles. The first-order valence-electron chi connectivity index (χ1n) is 7.29. The molecule has 3 rings (SSSR count). The third-order valence-corrected chi connectivity index (χ3v) is 5.03. The minimum absolute atomic E-state index is 0.103. The molecular weight excluding hydrogens is 280 g/mol. The normalized spacial score (nSPS) is 17.4. The van der Waals surface area contributed by atoms with Crippen LogP contribution in [0.25, 0.3) is 0 Å². The summed E-state index contributed by atoms with van der Waals surface area (Å²) in [7, 11) is 0. The fraction of sp³-hybridized carbons (Fsp3) is 0.353. The van der Waals surface area contributed by atoms with Gasteiger partial charge in [-0.1, -0.05) is 30.3 Å². The maximum absolute atomic E-state index is 10.1. The molecule has 1 aliphatic rings. The lowest BCUT2D eigenvalue weighted by atomic mass is 9.92. The second-order valence-electron chi connectivity index (χ2n) is 5.50. The number of nitrogens with one attached hydrogen (secondary N) is 1. The minimum atomic E-state index is -0.379. The molecule has 1 aromatic carbocycles. The van der Waals surface area contributed by atoms with E-state index >= 15 is 0 Å². The van der Waals surface area contributed by atoms with Gasteiger partial charge in [0.25, 0.3) is 0 Å². The first-order chi connectivity index (χ1) is 10.3. The van der Waals surface area contributed by atoms with Gasteiger partial charge in [-0.2, -0.15) is 0 Å². The zero-order chi connectivity index (χ0) is 14.5. The monoisotopic (exact) mass is 300 g/mol. The fourth-order valence-corrected chi connectivity index (χ4v) is 3.48. The van der Waals surface area contributed by atoms with Crippen molar-refractivity contribution < 1.29 is 5.11 Å². The fourth-order valence-electron chi connectivity index (χ4n) is 2.41. The van der Waals surface area contributed by atoms with Crippen molar-refractivity contribution in [3.63, 3.8) is 0 Å². The van der Waals surface area contributed by atoms with Gasteiger partial charge < -0.3 is 10.4 Å². The van der Waals surface area contributed by atoms with E-state index in [-0.39, 0.29) is 12.1 Å². The van der Waals surface area contributed by atoms with Crippen molar-refractivity contribution in [2.24, 2.45) is 0 Å². The van der Waals surface area contributed by atoms with Crippen LogP contribution in [-0.2, 0) is 5.54 Å². The van der Waals surface area contributed by atoms with Crippen LogP contribution in [-0.4, -0.2) is 28.5 Å². The van der Waals surface area contributed by atoms with Crippen molar-refractivity contribution in [1.82, 2.24) is 10.3 Å². The van der Waals surface area contributed by atoms with Crippen LogP contribution >= 0.6 is 11.8 Å². The van der Waals surface area contributed by atoms with E-state index in [4.69, 9.17) is 0 Å². The Bertz CT molecular complexity index is 560. The van der Waals surface area contributed by atoms with Crippen LogP contribution in [0.1, 0.15) is 18.4 Å². The van der Waals surface area contributed by atoms with Gasteiger partial charge in [-0.05, 0) is 30.5 Å². The van der Waals surface area contributed by atoms with E-state index in [1.165, 1.54) is 17.7 Å². The van der Waals surface area contributed by atoms with Crippen LogP contribution in [0.4, 0.5) is 0 Å². The molecule has 1 aromatic heterocycles. The van der Waals surface area contributed by atoms with Gasteiger partial charge in [0.05, 0.1) is 12.1 Å². The number of nitrogens with zero attached hydrogens (tertiary/aromatic N) is 1. The van der Waals surface area contributed by atoms with E-state index in [1.54, 1.807) is 24.2 Å². The summed E-state index contributed by atoms with van der Waals surface area (Å²) in [5.74, 6) is 0.800. The lowest BCUT2D eigenvalue weighted by Gasteiger charge is -2.34. The highest BCUT2D eigenvalue weighted by Crippen LogP contribution is 2.33. The van der Waals surface area contributed by atoms with E-state index in [1.807, 2.05) is 30.3 Å². The second-order valence-corrected chi connectivity index (χ2v) is 6.55. The zero-order valence-electron chi connectivity index (χ0n) is 11.9. The number of hydrogen-bond donors (Lipinski definition) is 2. The molecule has 1 heterocycles. The number of pyridine rings is 1. The first-order valence-corrected chi connectivity index (χ1v) is 8.28. The van der Waals surface area contributed by atoms with Crippen LogP contribution in [0, 0.1) is 0 Å². The van der Waals surface area contributed by atoms with Crippen molar-refractivity contribution in [2.75, 3.05) is 12.4 Å². The van der Waals surface area contributed by atoms with Gasteiger partial charge in [0.15, 0.2) is 0 Å². The molecule has 0 aliphatic heterocycles. The lowest BCUT2D eigenvalue weighted by Crippen LogP contribution is -2.49. The minimum Gasteiger partial charge on any atom is -0.394 e. The number of benzene rings is 1. The third kappa shape index (κ3) is 3.64. The summed E-state index contributed by atoms with van der Waals surface area (Å²) < 4.78 is 0. The summed E-state index contributed by atoms with van der Waals surface area (Å²) in [5.41, 5.74) is 0.775. The molecule has 0 radical (unpaired) electrons. The smallest absolute Gasteiger partial charge is 0.0766 e. The van der Waals surface area contributed by atoms with Crippen LogP contribution in [0.15, 0.2) is 59.8 Å². The van der Waals surface area contributed by atoms with Gasteiger partial charge in [-0.25, -0.2) is 0 Å². The molecule has 1 fully saturated rings. The maximum atomic E-state index is 10.1. The molecule has 0 saturated heterocycles. The Balaban J connectivity index is 1.81. The number of hydrogen-bond acceptors (Lipinski definition) is 4. The Hall–Kier alpha value is -1.36. The zero-order valence-corrected chi connectivity index (χ0v) is 12.7. The van der Waals surface area contributed by atoms with Gasteiger partial charge in [0.2, 0.25) is 0 Å². The van der Waals surface area contributed by atoms with Crippen LogP contribution < -0.4 is 5.32 Å². The summed E-state index contributed by atoms with van der Waals surface area (Å²) in [6.07, 6.45) is 6.02. The standard InChI is InChI=1S/C17H20N2OS/c20-12-17(19-15-6-7-15,14-4-2-1-3-5-14)13-21-16-8-10-18-11-9-16/h1-5,8-11,15,19-20H,6-7,12-13H2. The number of thioether (sulfide) groups is 1. The van der Waals surface area contributed by atoms with Gasteiger partial charge in [0, 0.05) is 29.1 Å². The number of aliphatic hydroxyl groups excluding tert-OH is 1. The Morgan fingerprint density at radius 3 is 2.48 bits per heavy atom. The van der Waals surface area contributed by atoms with Crippen molar-refractivity contribution >= 4 is 11.8 Å². The van der Waals surface area contributed by atoms with Crippen molar-refractivity contribution in [3.8, 4) is 0 Å². The van der Waals surface area contributed by atoms with E-state index in [0.29, 0.717) is 6.04 Å². The molecule has 0 amide bonds. The summed E-state index contributed by atoms with van der Waals surface area (Å²) in [4.78, 5) is 5.23. The average molecular weight is 300 g/mol. The van der Waals surface area contributed by atoms with Crippen molar-refractivity contribution in [1.29, 1.82) is 0 Å². The van der Waals surface area contributed by atoms with E-state index in [9.17, 15) is 5.11 Å². The summed E-state index contributed by atoms with van der Waals surface area (Å²) in [6, 6.07) is 14.8. The quantitative estimate of drug-likeness (QED) is 0.772. The molecule has 4 heteroatoms. The highest BCUT2D eigenvalue weighted by atomic mass is 32.2. The average Bonchev–Trinajstić information content (AvgIpc) is 3.37. The van der Waals surface area contributed by atoms with Gasteiger partial charge in [0.1, 0.15) is 0 Å². The summed E-state index contributed by atoms with van der Waals surface area (Å²) in [5, 5.41) is 13.8. The van der Waals surface area contributed by atoms with Crippen LogP contribution in [0.5, 0.6) is 0 Å². The molecular formula is C17H20N2OS. The van der Waals surface area contributed by atoms with Crippen molar-refractivity contribution in [2.45, 2.75) is 29.3 Å². The molecule has 1 atom stereocenters. The van der Waals surface area contributed by atoms with E-state index in [0.717, 1.165) is 11.3 Å². The molecule has 0 spiro atoms. The second kappa shape index (κ2) is 6.60. The predicted molar refractivity (Wildman–Crippen MR) is 86.3 cm³/mol. The maximum Gasteiger partial charge on any atom is 0.0766 e. The molecule has 3 nitrogen and oxygen atoms in total. The summed E-state index contributed by atoms with van der Waals surface area (Å²) in [6.45, 7) is 0.103. The molecule has 110 valence electrons. The largest absolute Gasteiger partial charge is 0.394 e. The van der Waals surface area contributed by atoms with Gasteiger partial charge in [-0.15, -0.1) is 11.8 Å². The molecule has 2 N–H and O–H groups in total. The Morgan fingerprint density at radius 1 is 1.14 bits per heavy atom. The highest BCUT2D eigenvalue weighted by molar-refractivity contribution is 7.99. The van der Waals surface area contributed by atoms with Crippen molar-refractivity contribution in [3.05, 3.63) is 60.4 Å². The highest BCUT2D eigenvalue weighted by Gasteiger charge is 2.37. The number of rotatable bonds is 7. The topological polar surface area (TPSA) is 45.2 Å². The SMILES string of the molecule is OCC(CSc1ccncc1)(NC1CC1)c1ccccc1. The van der Waals surface area contributed by atoms with Gasteiger partial charge in [-0.3, -0.25) is 4.98 Å². The molecule has 0 bridgehead atoms. The number of aromatic nitrogens is 1. The molecule has 1 unspecified atom stereocenters. The molecule has 2 aromatic rings. The third-order valence-electron chi connectivity index (χ3n) is 3.79. The first kappa shape index (κ1) is 14.6. The predicted octanol–water partition coefficient (Wildman–Crippen LogP) is 2.81. The van der Waals surface area contributed by atoms with E-state index < -0.39 is 0 Å².